The smallest absolute Gasteiger partial charge is 0.218 e. The minimum atomic E-state index is -6.20. The summed E-state index contributed by atoms with van der Waals surface area (Å²) in [7, 11) is 0. The fourth-order valence-electron chi connectivity index (χ4n) is 1.59. The van der Waals surface area contributed by atoms with Crippen molar-refractivity contribution in [2.75, 3.05) is 0 Å². The van der Waals surface area contributed by atoms with E-state index in [1.807, 2.05) is 0 Å². The predicted octanol–water partition coefficient (Wildman–Crippen LogP) is 5.99. The molecule has 0 aliphatic rings. The first-order chi connectivity index (χ1) is 9.36. The summed E-state index contributed by atoms with van der Waals surface area (Å²) >= 11 is 2.66. The maximum Gasteiger partial charge on any atom is 0.435 e. The summed E-state index contributed by atoms with van der Waals surface area (Å²) in [6.07, 6.45) is -12.4. The summed E-state index contributed by atoms with van der Waals surface area (Å²) in [4.78, 5) is 2.37. The van der Waals surface area contributed by atoms with Crippen LogP contribution in [0.2, 0.25) is 0 Å². The lowest BCUT2D eigenvalue weighted by atomic mass is 9.92. The van der Waals surface area contributed by atoms with Gasteiger partial charge in [-0.05, 0) is 24.1 Å². The van der Waals surface area contributed by atoms with Crippen molar-refractivity contribution < 1.29 is 30.7 Å². The van der Waals surface area contributed by atoms with Crippen LogP contribution in [-0.2, 0) is 5.67 Å². The predicted molar refractivity (Wildman–Crippen MR) is 62.6 cm³/mol. The summed E-state index contributed by atoms with van der Waals surface area (Å²) in [6, 6.07) is 0.633. The standard InChI is InChI=1S/C10H5BrF7N3/c1-4-2-5(3-6(11)7(4)20-21-19)8(12,9(13,14)15)10(16,17)18/h2-3H,1H3. The number of alkyl halides is 7. The van der Waals surface area contributed by atoms with Gasteiger partial charge >= 0.3 is 18.0 Å². The number of azide groups is 1. The Morgan fingerprint density at radius 1 is 1.05 bits per heavy atom. The first-order valence-electron chi connectivity index (χ1n) is 5.04. The summed E-state index contributed by atoms with van der Waals surface area (Å²) in [5.41, 5.74) is 0.613. The van der Waals surface area contributed by atoms with E-state index in [0.29, 0.717) is 6.07 Å². The van der Waals surface area contributed by atoms with Gasteiger partial charge in [0.15, 0.2) is 0 Å². The monoisotopic (exact) mass is 379 g/mol. The molecular weight excluding hydrogens is 375 g/mol. The largest absolute Gasteiger partial charge is 0.435 e. The lowest BCUT2D eigenvalue weighted by molar-refractivity contribution is -0.348. The molecule has 0 amide bonds. The highest BCUT2D eigenvalue weighted by atomic mass is 79.9. The summed E-state index contributed by atoms with van der Waals surface area (Å²) in [5.74, 6) is 0. The van der Waals surface area contributed by atoms with Gasteiger partial charge in [0.1, 0.15) is 0 Å². The number of hydrogen-bond acceptors (Lipinski definition) is 1. The molecular formula is C10H5BrF7N3. The minimum Gasteiger partial charge on any atom is -0.218 e. The van der Waals surface area contributed by atoms with Crippen LogP contribution in [0, 0.1) is 6.92 Å². The number of benzene rings is 1. The van der Waals surface area contributed by atoms with Crippen molar-refractivity contribution in [3.8, 4) is 0 Å². The Kier molecular flexibility index (Phi) is 4.50. The van der Waals surface area contributed by atoms with E-state index in [4.69, 9.17) is 5.53 Å². The van der Waals surface area contributed by atoms with Crippen molar-refractivity contribution in [3.05, 3.63) is 38.2 Å². The van der Waals surface area contributed by atoms with Gasteiger partial charge in [-0.1, -0.05) is 27.1 Å². The zero-order valence-electron chi connectivity index (χ0n) is 10.0. The molecule has 0 saturated carbocycles. The van der Waals surface area contributed by atoms with E-state index >= 15 is 0 Å². The van der Waals surface area contributed by atoms with Gasteiger partial charge in [-0.25, -0.2) is 4.39 Å². The van der Waals surface area contributed by atoms with Crippen LogP contribution in [0.5, 0.6) is 0 Å². The molecule has 0 aromatic heterocycles. The molecule has 0 N–H and O–H groups in total. The number of hydrogen-bond donors (Lipinski definition) is 0. The molecule has 0 saturated heterocycles. The highest BCUT2D eigenvalue weighted by Gasteiger charge is 2.73. The zero-order chi connectivity index (χ0) is 16.6. The van der Waals surface area contributed by atoms with E-state index < -0.39 is 23.6 Å². The average Bonchev–Trinajstić information content (AvgIpc) is 2.29. The van der Waals surface area contributed by atoms with E-state index in [9.17, 15) is 30.7 Å². The van der Waals surface area contributed by atoms with Gasteiger partial charge in [-0.2, -0.15) is 26.3 Å². The summed E-state index contributed by atoms with van der Waals surface area (Å²) in [6.45, 7) is 1.09. The molecule has 116 valence electrons. The van der Waals surface area contributed by atoms with Crippen molar-refractivity contribution in [2.45, 2.75) is 24.9 Å². The molecule has 1 aromatic carbocycles. The Labute approximate surface area is 121 Å². The first-order valence-corrected chi connectivity index (χ1v) is 5.83. The summed E-state index contributed by atoms with van der Waals surface area (Å²) in [5, 5.41) is 3.10. The van der Waals surface area contributed by atoms with Crippen LogP contribution in [-0.4, -0.2) is 12.4 Å². The molecule has 3 nitrogen and oxygen atoms in total. The second-order valence-electron chi connectivity index (χ2n) is 3.97. The lowest BCUT2D eigenvalue weighted by Gasteiger charge is -2.30. The van der Waals surface area contributed by atoms with Gasteiger partial charge in [0, 0.05) is 14.9 Å². The Hall–Kier alpha value is -1.48. The average molecular weight is 380 g/mol. The molecule has 0 aliphatic heterocycles. The Morgan fingerprint density at radius 2 is 1.52 bits per heavy atom. The third kappa shape index (κ3) is 2.93. The van der Waals surface area contributed by atoms with Gasteiger partial charge in [0.05, 0.1) is 5.69 Å². The minimum absolute atomic E-state index is 0.229. The second kappa shape index (κ2) is 5.38. The molecule has 1 aromatic rings. The highest BCUT2D eigenvalue weighted by molar-refractivity contribution is 9.10. The van der Waals surface area contributed by atoms with E-state index in [2.05, 4.69) is 26.0 Å². The SMILES string of the molecule is Cc1cc(C(F)(C(F)(F)F)C(F)(F)F)cc(Br)c1N=[N+]=[N-]. The fraction of sp³-hybridized carbons (Fsp3) is 0.400. The van der Waals surface area contributed by atoms with Gasteiger partial charge in [-0.15, -0.1) is 0 Å². The molecule has 0 fully saturated rings. The van der Waals surface area contributed by atoms with Crippen LogP contribution in [0.15, 0.2) is 21.7 Å². The van der Waals surface area contributed by atoms with Crippen molar-refractivity contribution >= 4 is 21.6 Å². The molecule has 0 atom stereocenters. The van der Waals surface area contributed by atoms with Crippen LogP contribution in [0.1, 0.15) is 11.1 Å². The van der Waals surface area contributed by atoms with Crippen LogP contribution >= 0.6 is 15.9 Å². The topological polar surface area (TPSA) is 48.8 Å². The number of nitrogens with zero attached hydrogens (tertiary/aromatic N) is 3. The molecule has 0 radical (unpaired) electrons. The Bertz CT molecular complexity index is 565. The van der Waals surface area contributed by atoms with Crippen LogP contribution < -0.4 is 0 Å². The van der Waals surface area contributed by atoms with Crippen LogP contribution in [0.25, 0.3) is 10.4 Å². The van der Waals surface area contributed by atoms with Crippen LogP contribution in [0.3, 0.4) is 0 Å². The van der Waals surface area contributed by atoms with Crippen molar-refractivity contribution in [1.29, 1.82) is 0 Å². The molecule has 0 bridgehead atoms. The Balaban J connectivity index is 3.67. The van der Waals surface area contributed by atoms with Crippen molar-refractivity contribution in [3.63, 3.8) is 0 Å². The summed E-state index contributed by atoms with van der Waals surface area (Å²) < 4.78 is 89.1. The normalized spacial score (nSPS) is 13.0. The zero-order valence-corrected chi connectivity index (χ0v) is 11.6. The number of aryl methyl sites for hydroxylation is 1. The quantitative estimate of drug-likeness (QED) is 0.262. The molecule has 0 aliphatic carbocycles. The molecule has 0 heterocycles. The van der Waals surface area contributed by atoms with Crippen molar-refractivity contribution in [2.24, 2.45) is 5.11 Å². The van der Waals surface area contributed by atoms with Gasteiger partial charge < -0.3 is 0 Å². The molecule has 0 spiro atoms. The van der Waals surface area contributed by atoms with E-state index in [1.54, 1.807) is 0 Å². The van der Waals surface area contributed by atoms with E-state index in [0.717, 1.165) is 6.92 Å². The molecule has 1 rings (SSSR count). The van der Waals surface area contributed by atoms with Gasteiger partial charge in [-0.3, -0.25) is 0 Å². The van der Waals surface area contributed by atoms with Gasteiger partial charge in [0.2, 0.25) is 0 Å². The molecule has 21 heavy (non-hydrogen) atoms. The third-order valence-corrected chi connectivity index (χ3v) is 3.18. The molecule has 11 heteroatoms. The van der Waals surface area contributed by atoms with E-state index in [-0.39, 0.29) is 21.8 Å². The maximum atomic E-state index is 13.8. The van der Waals surface area contributed by atoms with Crippen LogP contribution in [0.4, 0.5) is 36.4 Å². The number of rotatable bonds is 2. The highest BCUT2D eigenvalue weighted by Crippen LogP contribution is 2.54. The fourth-order valence-corrected chi connectivity index (χ4v) is 2.23. The first kappa shape index (κ1) is 17.6. The third-order valence-electron chi connectivity index (χ3n) is 2.58. The molecule has 0 unspecified atom stereocenters. The Morgan fingerprint density at radius 3 is 1.86 bits per heavy atom. The van der Waals surface area contributed by atoms with E-state index in [1.165, 1.54) is 0 Å². The number of halogens is 8. The lowest BCUT2D eigenvalue weighted by Crippen LogP contribution is -2.50. The van der Waals surface area contributed by atoms with Gasteiger partial charge in [0.25, 0.3) is 0 Å². The second-order valence-corrected chi connectivity index (χ2v) is 4.82. The van der Waals surface area contributed by atoms with Crippen molar-refractivity contribution in [1.82, 2.24) is 0 Å². The maximum absolute atomic E-state index is 13.8.